The average Bonchev–Trinajstić information content (AvgIpc) is 2.57. The molecule has 0 radical (unpaired) electrons. The van der Waals surface area contributed by atoms with E-state index in [4.69, 9.17) is 0 Å². The maximum Gasteiger partial charge on any atom is 0.416 e. The predicted molar refractivity (Wildman–Crippen MR) is 103 cm³/mol. The van der Waals surface area contributed by atoms with Gasteiger partial charge in [-0.15, -0.1) is 0 Å². The van der Waals surface area contributed by atoms with Gasteiger partial charge in [0, 0.05) is 0 Å². The monoisotopic (exact) mass is 470 g/mol. The summed E-state index contributed by atoms with van der Waals surface area (Å²) in [6, 6.07) is 5.77. The van der Waals surface area contributed by atoms with E-state index in [0.29, 0.717) is 12.1 Å². The molecule has 0 aliphatic heterocycles. The van der Waals surface area contributed by atoms with E-state index >= 15 is 0 Å². The van der Waals surface area contributed by atoms with Gasteiger partial charge in [-0.05, 0) is 52.1 Å². The molecule has 0 aliphatic rings. The molecule has 2 aromatic carbocycles. The van der Waals surface area contributed by atoms with Gasteiger partial charge in [0.05, 0.1) is 16.7 Å². The van der Waals surface area contributed by atoms with Crippen LogP contribution in [0.4, 0.5) is 39.5 Å². The highest BCUT2D eigenvalue weighted by molar-refractivity contribution is 5.47. The molecule has 0 fully saturated rings. The molecule has 9 heteroatoms. The van der Waals surface area contributed by atoms with Crippen LogP contribution in [-0.4, -0.2) is 0 Å². The van der Waals surface area contributed by atoms with Crippen molar-refractivity contribution in [2.24, 2.45) is 0 Å². The standard InChI is InChI=1S/C23H23F9/c1-19(2,3)18-16(22(27,28)29)10-13(11-17(18)23(30,31)32)12-20(4,5)14-8-6-7-9-15(14)21(24,25)26/h6-11H,12H2,1-5H3. The first-order valence-corrected chi connectivity index (χ1v) is 9.64. The molecule has 0 aliphatic carbocycles. The van der Waals surface area contributed by atoms with E-state index in [-0.39, 0.29) is 11.1 Å². The predicted octanol–water partition coefficient (Wildman–Crippen LogP) is 8.56. The Bertz CT molecular complexity index is 934. The van der Waals surface area contributed by atoms with Crippen LogP contribution in [0.3, 0.4) is 0 Å². The zero-order valence-electron chi connectivity index (χ0n) is 18.1. The molecule has 0 nitrogen and oxygen atoms in total. The molecule has 0 atom stereocenters. The summed E-state index contributed by atoms with van der Waals surface area (Å²) in [5.41, 5.74) is -8.19. The Morgan fingerprint density at radius 1 is 0.562 bits per heavy atom. The van der Waals surface area contributed by atoms with E-state index in [2.05, 4.69) is 0 Å². The Hall–Kier alpha value is -2.19. The lowest BCUT2D eigenvalue weighted by atomic mass is 9.74. The Kier molecular flexibility index (Phi) is 6.51. The van der Waals surface area contributed by atoms with Crippen LogP contribution in [0.2, 0.25) is 0 Å². The maximum atomic E-state index is 13.8. The molecule has 32 heavy (non-hydrogen) atoms. The van der Waals surface area contributed by atoms with Crippen LogP contribution in [0.25, 0.3) is 0 Å². The zero-order chi connectivity index (χ0) is 24.9. The largest absolute Gasteiger partial charge is 0.416 e. The molecule has 0 spiro atoms. The summed E-state index contributed by atoms with van der Waals surface area (Å²) in [6.45, 7) is 6.45. The van der Waals surface area contributed by atoms with E-state index < -0.39 is 58.0 Å². The summed E-state index contributed by atoms with van der Waals surface area (Å²) < 4.78 is 123. The topological polar surface area (TPSA) is 0 Å². The van der Waals surface area contributed by atoms with Gasteiger partial charge in [0.25, 0.3) is 0 Å². The van der Waals surface area contributed by atoms with Gasteiger partial charge in [0.1, 0.15) is 0 Å². The molecule has 2 rings (SSSR count). The van der Waals surface area contributed by atoms with Gasteiger partial charge in [-0.25, -0.2) is 0 Å². The molecular formula is C23H23F9. The van der Waals surface area contributed by atoms with Crippen LogP contribution in [0.5, 0.6) is 0 Å². The second-order valence-corrected chi connectivity index (χ2v) is 9.42. The van der Waals surface area contributed by atoms with Crippen molar-refractivity contribution in [2.75, 3.05) is 0 Å². The summed E-state index contributed by atoms with van der Waals surface area (Å²) in [5.74, 6) is 0. The fraction of sp³-hybridized carbons (Fsp3) is 0.478. The molecule has 0 unspecified atom stereocenters. The number of alkyl halides is 9. The van der Waals surface area contributed by atoms with Crippen molar-refractivity contribution in [3.8, 4) is 0 Å². The summed E-state index contributed by atoms with van der Waals surface area (Å²) in [5, 5.41) is 0. The molecule has 0 N–H and O–H groups in total. The molecule has 178 valence electrons. The van der Waals surface area contributed by atoms with Gasteiger partial charge in [-0.3, -0.25) is 0 Å². The highest BCUT2D eigenvalue weighted by atomic mass is 19.4. The lowest BCUT2D eigenvalue weighted by Crippen LogP contribution is -2.28. The first-order chi connectivity index (χ1) is 14.2. The molecular weight excluding hydrogens is 447 g/mol. The summed E-state index contributed by atoms with van der Waals surface area (Å²) >= 11 is 0. The van der Waals surface area contributed by atoms with Crippen LogP contribution in [0.15, 0.2) is 36.4 Å². The fourth-order valence-electron chi connectivity index (χ4n) is 3.99. The van der Waals surface area contributed by atoms with Gasteiger partial charge >= 0.3 is 18.5 Å². The van der Waals surface area contributed by atoms with Crippen molar-refractivity contribution in [2.45, 2.75) is 70.4 Å². The van der Waals surface area contributed by atoms with Crippen LogP contribution in [0.1, 0.15) is 68.0 Å². The second-order valence-electron chi connectivity index (χ2n) is 9.42. The van der Waals surface area contributed by atoms with E-state index in [9.17, 15) is 39.5 Å². The first kappa shape index (κ1) is 26.1. The first-order valence-electron chi connectivity index (χ1n) is 9.64. The van der Waals surface area contributed by atoms with E-state index in [1.165, 1.54) is 52.8 Å². The van der Waals surface area contributed by atoms with Crippen LogP contribution in [-0.2, 0) is 35.8 Å². The average molecular weight is 470 g/mol. The van der Waals surface area contributed by atoms with Gasteiger partial charge < -0.3 is 0 Å². The Morgan fingerprint density at radius 3 is 1.28 bits per heavy atom. The third-order valence-electron chi connectivity index (χ3n) is 5.17. The minimum Gasteiger partial charge on any atom is -0.166 e. The highest BCUT2D eigenvalue weighted by Crippen LogP contribution is 2.46. The van der Waals surface area contributed by atoms with Gasteiger partial charge in [0.2, 0.25) is 0 Å². The van der Waals surface area contributed by atoms with Crippen molar-refractivity contribution in [3.05, 3.63) is 69.8 Å². The Labute approximate surface area is 180 Å². The molecule has 0 heterocycles. The second kappa shape index (κ2) is 7.99. The van der Waals surface area contributed by atoms with Crippen molar-refractivity contribution in [1.29, 1.82) is 0 Å². The van der Waals surface area contributed by atoms with Crippen molar-refractivity contribution in [3.63, 3.8) is 0 Å². The lowest BCUT2D eigenvalue weighted by molar-refractivity contribution is -0.145. The lowest BCUT2D eigenvalue weighted by Gasteiger charge is -2.32. The minimum atomic E-state index is -5.08. The van der Waals surface area contributed by atoms with Gasteiger partial charge in [-0.1, -0.05) is 52.8 Å². The molecule has 0 saturated carbocycles. The van der Waals surface area contributed by atoms with Crippen LogP contribution < -0.4 is 0 Å². The van der Waals surface area contributed by atoms with Crippen LogP contribution in [0, 0.1) is 0 Å². The van der Waals surface area contributed by atoms with E-state index in [0.717, 1.165) is 6.07 Å². The molecule has 0 bridgehead atoms. The number of hydrogen-bond acceptors (Lipinski definition) is 0. The van der Waals surface area contributed by atoms with E-state index in [1.807, 2.05) is 0 Å². The van der Waals surface area contributed by atoms with E-state index in [1.54, 1.807) is 0 Å². The maximum absolute atomic E-state index is 13.8. The summed E-state index contributed by atoms with van der Waals surface area (Å²) in [7, 11) is 0. The molecule has 2 aromatic rings. The van der Waals surface area contributed by atoms with Crippen LogP contribution >= 0.6 is 0 Å². The van der Waals surface area contributed by atoms with Crippen molar-refractivity contribution >= 4 is 0 Å². The Balaban J connectivity index is 2.76. The normalized spacial score (nSPS) is 14.1. The molecule has 0 aromatic heterocycles. The number of halogens is 9. The third-order valence-corrected chi connectivity index (χ3v) is 5.17. The SMILES string of the molecule is CC(C)(C)c1c(C(F)(F)F)cc(CC(C)(C)c2ccccc2C(F)(F)F)cc1C(F)(F)F. The highest BCUT2D eigenvalue weighted by Gasteiger charge is 2.45. The fourth-order valence-corrected chi connectivity index (χ4v) is 3.99. The molecule has 0 saturated heterocycles. The van der Waals surface area contributed by atoms with Crippen molar-refractivity contribution in [1.82, 2.24) is 0 Å². The molecule has 0 amide bonds. The quantitative estimate of drug-likeness (QED) is 0.394. The smallest absolute Gasteiger partial charge is 0.166 e. The van der Waals surface area contributed by atoms with Gasteiger partial charge in [0.15, 0.2) is 0 Å². The third kappa shape index (κ3) is 5.59. The number of hydrogen-bond donors (Lipinski definition) is 0. The summed E-state index contributed by atoms with van der Waals surface area (Å²) in [4.78, 5) is 0. The van der Waals surface area contributed by atoms with Gasteiger partial charge in [-0.2, -0.15) is 39.5 Å². The summed E-state index contributed by atoms with van der Waals surface area (Å²) in [6.07, 6.45) is -15.3. The minimum absolute atomic E-state index is 0.213. The number of rotatable bonds is 3. The zero-order valence-corrected chi connectivity index (χ0v) is 18.1. The number of benzene rings is 2. The van der Waals surface area contributed by atoms with Crippen molar-refractivity contribution < 1.29 is 39.5 Å². The Morgan fingerprint density at radius 2 is 0.938 bits per heavy atom.